The predicted octanol–water partition coefficient (Wildman–Crippen LogP) is 1.78. The van der Waals surface area contributed by atoms with Gasteiger partial charge in [0.05, 0.1) is 18.0 Å². The zero-order valence-corrected chi connectivity index (χ0v) is 9.32. The summed E-state index contributed by atoms with van der Waals surface area (Å²) >= 11 is 0. The highest BCUT2D eigenvalue weighted by Crippen LogP contribution is 2.35. The summed E-state index contributed by atoms with van der Waals surface area (Å²) in [6, 6.07) is 5.49. The molecule has 3 aromatic heterocycles. The van der Waals surface area contributed by atoms with Crippen LogP contribution in [-0.2, 0) is 0 Å². The van der Waals surface area contributed by atoms with Crippen LogP contribution in [0.3, 0.4) is 0 Å². The Hall–Kier alpha value is -2.76. The molecule has 2 N–H and O–H groups in total. The van der Waals surface area contributed by atoms with Crippen LogP contribution < -0.4 is 5.73 Å². The van der Waals surface area contributed by atoms with Crippen molar-refractivity contribution in [2.24, 2.45) is 0 Å². The van der Waals surface area contributed by atoms with Gasteiger partial charge in [-0.2, -0.15) is 10.2 Å². The Labute approximate surface area is 102 Å². The maximum absolute atomic E-state index is 5.85. The van der Waals surface area contributed by atoms with Gasteiger partial charge in [0.2, 0.25) is 0 Å². The van der Waals surface area contributed by atoms with E-state index in [4.69, 9.17) is 10.3 Å². The average Bonchev–Trinajstić information content (AvgIpc) is 2.83. The number of rotatable bonds is 2. The largest absolute Gasteiger partial charge is 0.380 e. The summed E-state index contributed by atoms with van der Waals surface area (Å²) in [5.41, 5.74) is 8.27. The second-order valence-corrected chi connectivity index (χ2v) is 3.64. The fraction of sp³-hybridized carbons (Fsp3) is 0. The summed E-state index contributed by atoms with van der Waals surface area (Å²) in [6.07, 6.45) is 6.57. The monoisotopic (exact) mass is 239 g/mol. The van der Waals surface area contributed by atoms with Crippen molar-refractivity contribution >= 4 is 5.82 Å². The van der Waals surface area contributed by atoms with E-state index in [1.54, 1.807) is 30.9 Å². The summed E-state index contributed by atoms with van der Waals surface area (Å²) in [6.45, 7) is 0. The fourth-order valence-electron chi connectivity index (χ4n) is 1.72. The molecule has 0 fully saturated rings. The summed E-state index contributed by atoms with van der Waals surface area (Å²) in [5.74, 6) is 0.918. The van der Waals surface area contributed by atoms with Gasteiger partial charge in [0, 0.05) is 18.0 Å². The summed E-state index contributed by atoms with van der Waals surface area (Å²) in [4.78, 5) is 3.97. The molecule has 0 aliphatic rings. The minimum Gasteiger partial charge on any atom is -0.380 e. The molecule has 0 bridgehead atoms. The van der Waals surface area contributed by atoms with Gasteiger partial charge in [-0.15, -0.1) is 0 Å². The Balaban J connectivity index is 2.19. The first kappa shape index (κ1) is 10.4. The third-order valence-corrected chi connectivity index (χ3v) is 2.53. The van der Waals surface area contributed by atoms with E-state index in [2.05, 4.69) is 20.3 Å². The average molecular weight is 239 g/mol. The van der Waals surface area contributed by atoms with Crippen molar-refractivity contribution in [3.8, 4) is 22.5 Å². The molecule has 18 heavy (non-hydrogen) atoms. The maximum Gasteiger partial charge on any atom is 0.178 e. The minimum absolute atomic E-state index is 0.341. The molecule has 0 saturated heterocycles. The highest BCUT2D eigenvalue weighted by atomic mass is 16.5. The molecule has 6 heteroatoms. The lowest BCUT2D eigenvalue weighted by Crippen LogP contribution is -1.89. The Kier molecular flexibility index (Phi) is 2.45. The molecule has 0 saturated carbocycles. The molecule has 3 rings (SSSR count). The van der Waals surface area contributed by atoms with Gasteiger partial charge in [0.15, 0.2) is 11.6 Å². The maximum atomic E-state index is 5.85. The van der Waals surface area contributed by atoms with Crippen LogP contribution in [0.15, 0.2) is 47.5 Å². The van der Waals surface area contributed by atoms with E-state index in [1.165, 1.54) is 0 Å². The van der Waals surface area contributed by atoms with Crippen LogP contribution >= 0.6 is 0 Å². The molecule has 0 aliphatic carbocycles. The van der Waals surface area contributed by atoms with E-state index >= 15 is 0 Å². The zero-order chi connectivity index (χ0) is 12.4. The van der Waals surface area contributed by atoms with E-state index in [9.17, 15) is 0 Å². The van der Waals surface area contributed by atoms with Crippen LogP contribution in [0.4, 0.5) is 5.82 Å². The molecule has 3 aromatic rings. The number of hydrogen-bond acceptors (Lipinski definition) is 6. The molecule has 0 radical (unpaired) electrons. The van der Waals surface area contributed by atoms with Crippen molar-refractivity contribution in [1.82, 2.24) is 20.3 Å². The van der Waals surface area contributed by atoms with Crippen molar-refractivity contribution in [2.45, 2.75) is 0 Å². The molecular weight excluding hydrogens is 230 g/mol. The Morgan fingerprint density at radius 2 is 1.72 bits per heavy atom. The van der Waals surface area contributed by atoms with Crippen molar-refractivity contribution < 1.29 is 4.52 Å². The predicted molar refractivity (Wildman–Crippen MR) is 65.2 cm³/mol. The zero-order valence-electron chi connectivity index (χ0n) is 9.32. The first-order valence-corrected chi connectivity index (χ1v) is 5.29. The van der Waals surface area contributed by atoms with Crippen LogP contribution in [0.25, 0.3) is 22.5 Å². The van der Waals surface area contributed by atoms with Crippen LogP contribution in [0, 0.1) is 0 Å². The SMILES string of the molecule is Nc1noc(-c2ccnnc2)c1-c1ccncc1. The van der Waals surface area contributed by atoms with Gasteiger partial charge in [0.1, 0.15) is 0 Å². The molecule has 0 aliphatic heterocycles. The molecule has 6 nitrogen and oxygen atoms in total. The fourth-order valence-corrected chi connectivity index (χ4v) is 1.72. The molecule has 0 aromatic carbocycles. The van der Waals surface area contributed by atoms with E-state index in [1.807, 2.05) is 12.1 Å². The standard InChI is InChI=1S/C12H9N5O/c13-12-10(8-1-4-14-5-2-8)11(18-17-12)9-3-6-15-16-7-9/h1-7H,(H2,13,17). The first-order valence-electron chi connectivity index (χ1n) is 5.29. The number of pyridine rings is 1. The van der Waals surface area contributed by atoms with Gasteiger partial charge in [-0.3, -0.25) is 4.98 Å². The third-order valence-electron chi connectivity index (χ3n) is 2.53. The van der Waals surface area contributed by atoms with Crippen LogP contribution in [0.1, 0.15) is 0 Å². The van der Waals surface area contributed by atoms with Gasteiger partial charge < -0.3 is 10.3 Å². The van der Waals surface area contributed by atoms with Crippen LogP contribution in [0.2, 0.25) is 0 Å². The summed E-state index contributed by atoms with van der Waals surface area (Å²) in [5, 5.41) is 11.3. The van der Waals surface area contributed by atoms with E-state index in [-0.39, 0.29) is 0 Å². The first-order chi connectivity index (χ1) is 8.86. The highest BCUT2D eigenvalue weighted by Gasteiger charge is 2.17. The van der Waals surface area contributed by atoms with Gasteiger partial charge >= 0.3 is 0 Å². The van der Waals surface area contributed by atoms with E-state index < -0.39 is 0 Å². The third kappa shape index (κ3) is 1.69. The van der Waals surface area contributed by atoms with Crippen molar-refractivity contribution in [2.75, 3.05) is 5.73 Å². The lowest BCUT2D eigenvalue weighted by molar-refractivity contribution is 0.436. The Bertz CT molecular complexity index is 651. The van der Waals surface area contributed by atoms with Crippen LogP contribution in [-0.4, -0.2) is 20.3 Å². The Morgan fingerprint density at radius 1 is 0.944 bits per heavy atom. The number of anilines is 1. The number of nitrogens with two attached hydrogens (primary N) is 1. The number of aromatic nitrogens is 4. The van der Waals surface area contributed by atoms with Crippen molar-refractivity contribution in [3.63, 3.8) is 0 Å². The van der Waals surface area contributed by atoms with Crippen molar-refractivity contribution in [3.05, 3.63) is 43.0 Å². The lowest BCUT2D eigenvalue weighted by atomic mass is 10.0. The summed E-state index contributed by atoms with van der Waals surface area (Å²) in [7, 11) is 0. The lowest BCUT2D eigenvalue weighted by Gasteiger charge is -2.01. The number of nitrogen functional groups attached to an aromatic ring is 1. The molecule has 0 unspecified atom stereocenters. The van der Waals surface area contributed by atoms with Gasteiger partial charge in [-0.1, -0.05) is 5.16 Å². The van der Waals surface area contributed by atoms with E-state index in [0.717, 1.165) is 16.7 Å². The molecule has 88 valence electrons. The smallest absolute Gasteiger partial charge is 0.178 e. The van der Waals surface area contributed by atoms with E-state index in [0.29, 0.717) is 11.6 Å². The molecule has 0 amide bonds. The molecule has 3 heterocycles. The molecule has 0 spiro atoms. The number of hydrogen-bond donors (Lipinski definition) is 1. The quantitative estimate of drug-likeness (QED) is 0.732. The van der Waals surface area contributed by atoms with Crippen LogP contribution in [0.5, 0.6) is 0 Å². The second-order valence-electron chi connectivity index (χ2n) is 3.64. The van der Waals surface area contributed by atoms with Gasteiger partial charge in [-0.05, 0) is 23.8 Å². The topological polar surface area (TPSA) is 90.7 Å². The van der Waals surface area contributed by atoms with Gasteiger partial charge in [0.25, 0.3) is 0 Å². The van der Waals surface area contributed by atoms with Crippen molar-refractivity contribution in [1.29, 1.82) is 0 Å². The normalized spacial score (nSPS) is 10.4. The molecular formula is C12H9N5O. The Morgan fingerprint density at radius 3 is 2.44 bits per heavy atom. The number of nitrogens with zero attached hydrogens (tertiary/aromatic N) is 4. The second kappa shape index (κ2) is 4.25. The minimum atomic E-state index is 0.341. The van der Waals surface area contributed by atoms with Gasteiger partial charge in [-0.25, -0.2) is 0 Å². The summed E-state index contributed by atoms with van der Waals surface area (Å²) < 4.78 is 5.27. The molecule has 0 atom stereocenters. The highest BCUT2D eigenvalue weighted by molar-refractivity contribution is 5.85.